The van der Waals surface area contributed by atoms with Crippen molar-refractivity contribution in [2.24, 2.45) is 0 Å². The van der Waals surface area contributed by atoms with Gasteiger partial charge in [-0.2, -0.15) is 13.2 Å². The number of aryl methyl sites for hydroxylation is 2. The SMILES string of the molecule is Cc1cc(C)cc(NC(=O)c2ccc(COCC(F)(F)F)cc2)c1. The minimum Gasteiger partial charge on any atom is -0.367 e. The van der Waals surface area contributed by atoms with Crippen LogP contribution in [0.1, 0.15) is 27.0 Å². The second-order valence-electron chi connectivity index (χ2n) is 5.64. The molecule has 0 fully saturated rings. The Morgan fingerprint density at radius 3 is 2.17 bits per heavy atom. The number of alkyl halides is 3. The predicted molar refractivity (Wildman–Crippen MR) is 86.0 cm³/mol. The molecule has 0 saturated carbocycles. The first-order valence-electron chi connectivity index (χ1n) is 7.36. The van der Waals surface area contributed by atoms with Crippen molar-refractivity contribution < 1.29 is 22.7 Å². The van der Waals surface area contributed by atoms with Gasteiger partial charge >= 0.3 is 6.18 Å². The number of carbonyl (C=O) groups is 1. The minimum absolute atomic E-state index is 0.154. The van der Waals surface area contributed by atoms with Crippen molar-refractivity contribution in [3.8, 4) is 0 Å². The number of hydrogen-bond donors (Lipinski definition) is 1. The van der Waals surface area contributed by atoms with Crippen LogP contribution in [0.3, 0.4) is 0 Å². The molecule has 0 heterocycles. The first-order valence-corrected chi connectivity index (χ1v) is 7.36. The Morgan fingerprint density at radius 1 is 1.04 bits per heavy atom. The lowest BCUT2D eigenvalue weighted by molar-refractivity contribution is -0.176. The van der Waals surface area contributed by atoms with Gasteiger partial charge in [0.15, 0.2) is 0 Å². The fraction of sp³-hybridized carbons (Fsp3) is 0.278. The molecule has 0 radical (unpaired) electrons. The Hall–Kier alpha value is -2.34. The van der Waals surface area contributed by atoms with E-state index < -0.39 is 12.8 Å². The number of rotatable bonds is 5. The Labute approximate surface area is 138 Å². The van der Waals surface area contributed by atoms with Crippen molar-refractivity contribution >= 4 is 11.6 Å². The summed E-state index contributed by atoms with van der Waals surface area (Å²) in [6.07, 6.45) is -4.34. The number of benzene rings is 2. The molecule has 24 heavy (non-hydrogen) atoms. The maximum Gasteiger partial charge on any atom is 0.411 e. The van der Waals surface area contributed by atoms with Gasteiger partial charge in [0.25, 0.3) is 5.91 Å². The summed E-state index contributed by atoms with van der Waals surface area (Å²) < 4.78 is 40.6. The largest absolute Gasteiger partial charge is 0.411 e. The highest BCUT2D eigenvalue weighted by Crippen LogP contribution is 2.17. The van der Waals surface area contributed by atoms with E-state index in [-0.39, 0.29) is 12.5 Å². The van der Waals surface area contributed by atoms with E-state index >= 15 is 0 Å². The molecule has 2 rings (SSSR count). The number of nitrogens with one attached hydrogen (secondary N) is 1. The summed E-state index contributed by atoms with van der Waals surface area (Å²) in [6, 6.07) is 12.0. The fourth-order valence-electron chi connectivity index (χ4n) is 2.29. The average Bonchev–Trinajstić information content (AvgIpc) is 2.45. The average molecular weight is 337 g/mol. The number of amides is 1. The van der Waals surface area contributed by atoms with Gasteiger partial charge in [0.05, 0.1) is 6.61 Å². The molecule has 1 amide bonds. The number of anilines is 1. The molecule has 2 aromatic rings. The maximum atomic E-state index is 12.2. The molecule has 128 valence electrons. The lowest BCUT2D eigenvalue weighted by atomic mass is 10.1. The van der Waals surface area contributed by atoms with Crippen LogP contribution in [-0.4, -0.2) is 18.7 Å². The molecule has 0 bridgehead atoms. The van der Waals surface area contributed by atoms with Crippen LogP contribution in [0.15, 0.2) is 42.5 Å². The summed E-state index contributed by atoms with van der Waals surface area (Å²) >= 11 is 0. The van der Waals surface area contributed by atoms with Crippen LogP contribution in [0, 0.1) is 13.8 Å². The molecule has 1 N–H and O–H groups in total. The van der Waals surface area contributed by atoms with Gasteiger partial charge in [0, 0.05) is 11.3 Å². The molecule has 0 unspecified atom stereocenters. The molecule has 6 heteroatoms. The first kappa shape index (κ1) is 18.0. The van der Waals surface area contributed by atoms with Gasteiger partial charge in [-0.25, -0.2) is 0 Å². The zero-order chi connectivity index (χ0) is 17.7. The summed E-state index contributed by atoms with van der Waals surface area (Å²) in [5.41, 5.74) is 3.79. The van der Waals surface area contributed by atoms with Crippen molar-refractivity contribution in [3.63, 3.8) is 0 Å². The van der Waals surface area contributed by atoms with Crippen molar-refractivity contribution in [2.75, 3.05) is 11.9 Å². The van der Waals surface area contributed by atoms with E-state index in [2.05, 4.69) is 10.1 Å². The van der Waals surface area contributed by atoms with Crippen LogP contribution >= 0.6 is 0 Å². The first-order chi connectivity index (χ1) is 11.2. The molecule has 0 aliphatic rings. The third-order valence-electron chi connectivity index (χ3n) is 3.23. The molecule has 3 nitrogen and oxygen atoms in total. The quantitative estimate of drug-likeness (QED) is 0.863. The van der Waals surface area contributed by atoms with E-state index in [1.54, 1.807) is 24.3 Å². The Morgan fingerprint density at radius 2 is 1.62 bits per heavy atom. The van der Waals surface area contributed by atoms with Crippen LogP contribution in [-0.2, 0) is 11.3 Å². The lowest BCUT2D eigenvalue weighted by Gasteiger charge is -2.09. The van der Waals surface area contributed by atoms with Gasteiger partial charge in [0.1, 0.15) is 6.61 Å². The molecule has 2 aromatic carbocycles. The third kappa shape index (κ3) is 5.70. The highest BCUT2D eigenvalue weighted by molar-refractivity contribution is 6.04. The van der Waals surface area contributed by atoms with Crippen molar-refractivity contribution in [3.05, 3.63) is 64.7 Å². The van der Waals surface area contributed by atoms with E-state index in [0.717, 1.165) is 11.1 Å². The summed E-state index contributed by atoms with van der Waals surface area (Å²) in [6.45, 7) is 2.44. The Kier molecular flexibility index (Phi) is 5.62. The highest BCUT2D eigenvalue weighted by Gasteiger charge is 2.27. The minimum atomic E-state index is -4.34. The summed E-state index contributed by atoms with van der Waals surface area (Å²) in [5.74, 6) is -0.275. The smallest absolute Gasteiger partial charge is 0.367 e. The standard InChI is InChI=1S/C18H18F3NO2/c1-12-7-13(2)9-16(8-12)22-17(23)15-5-3-14(4-6-15)10-24-11-18(19,20)21/h3-9H,10-11H2,1-2H3,(H,22,23). The van der Waals surface area contributed by atoms with Gasteiger partial charge < -0.3 is 10.1 Å². The number of halogens is 3. The van der Waals surface area contributed by atoms with Gasteiger partial charge in [-0.05, 0) is 54.8 Å². The predicted octanol–water partition coefficient (Wildman–Crippen LogP) is 4.63. The molecular formula is C18H18F3NO2. The fourth-order valence-corrected chi connectivity index (χ4v) is 2.29. The molecule has 0 aromatic heterocycles. The van der Waals surface area contributed by atoms with Crippen molar-refractivity contribution in [2.45, 2.75) is 26.6 Å². The molecule has 0 spiro atoms. The van der Waals surface area contributed by atoms with E-state index in [1.165, 1.54) is 0 Å². The van der Waals surface area contributed by atoms with E-state index in [9.17, 15) is 18.0 Å². The molecule has 0 atom stereocenters. The van der Waals surface area contributed by atoms with Crippen LogP contribution in [0.25, 0.3) is 0 Å². The van der Waals surface area contributed by atoms with Crippen molar-refractivity contribution in [1.29, 1.82) is 0 Å². The summed E-state index contributed by atoms with van der Waals surface area (Å²) in [5, 5.41) is 2.80. The molecule has 0 aliphatic carbocycles. The van der Waals surface area contributed by atoms with Crippen LogP contribution < -0.4 is 5.32 Å². The van der Waals surface area contributed by atoms with Gasteiger partial charge in [0.2, 0.25) is 0 Å². The highest BCUT2D eigenvalue weighted by atomic mass is 19.4. The van der Waals surface area contributed by atoms with Gasteiger partial charge in [-0.15, -0.1) is 0 Å². The Balaban J connectivity index is 1.95. The zero-order valence-electron chi connectivity index (χ0n) is 13.4. The molecule has 0 saturated heterocycles. The van der Waals surface area contributed by atoms with Crippen molar-refractivity contribution in [1.82, 2.24) is 0 Å². The topological polar surface area (TPSA) is 38.3 Å². The van der Waals surface area contributed by atoms with E-state index in [0.29, 0.717) is 16.8 Å². The second kappa shape index (κ2) is 7.49. The second-order valence-corrected chi connectivity index (χ2v) is 5.64. The lowest BCUT2D eigenvalue weighted by Crippen LogP contribution is -2.16. The number of hydrogen-bond acceptors (Lipinski definition) is 2. The molecule has 0 aliphatic heterocycles. The zero-order valence-corrected chi connectivity index (χ0v) is 13.4. The maximum absolute atomic E-state index is 12.2. The monoisotopic (exact) mass is 337 g/mol. The van der Waals surface area contributed by atoms with Gasteiger partial charge in [-0.3, -0.25) is 4.79 Å². The summed E-state index contributed by atoms with van der Waals surface area (Å²) in [4.78, 5) is 12.2. The van der Waals surface area contributed by atoms with Crippen LogP contribution in [0.4, 0.5) is 18.9 Å². The van der Waals surface area contributed by atoms with Crippen LogP contribution in [0.5, 0.6) is 0 Å². The van der Waals surface area contributed by atoms with Crippen LogP contribution in [0.2, 0.25) is 0 Å². The molecular weight excluding hydrogens is 319 g/mol. The normalized spacial score (nSPS) is 11.4. The third-order valence-corrected chi connectivity index (χ3v) is 3.23. The summed E-state index contributed by atoms with van der Waals surface area (Å²) in [7, 11) is 0. The van der Waals surface area contributed by atoms with E-state index in [1.807, 2.05) is 32.0 Å². The van der Waals surface area contributed by atoms with Gasteiger partial charge in [-0.1, -0.05) is 18.2 Å². The number of ether oxygens (including phenoxy) is 1. The Bertz CT molecular complexity index is 689. The van der Waals surface area contributed by atoms with E-state index in [4.69, 9.17) is 0 Å². The number of carbonyl (C=O) groups excluding carboxylic acids is 1.